The van der Waals surface area contributed by atoms with Gasteiger partial charge in [-0.05, 0) is 17.7 Å². The Labute approximate surface area is 137 Å². The summed E-state index contributed by atoms with van der Waals surface area (Å²) in [5.41, 5.74) is 0.602. The zero-order valence-electron chi connectivity index (χ0n) is 12.8. The van der Waals surface area contributed by atoms with Crippen molar-refractivity contribution in [1.82, 2.24) is 4.90 Å². The minimum atomic E-state index is -1.63. The van der Waals surface area contributed by atoms with Crippen LogP contribution in [-0.4, -0.2) is 36.6 Å². The predicted octanol–water partition coefficient (Wildman–Crippen LogP) is 3.19. The highest BCUT2D eigenvalue weighted by atomic mass is 19.2. The zero-order chi connectivity index (χ0) is 17.1. The average molecular weight is 335 g/mol. The quantitative estimate of drug-likeness (QED) is 0.806. The van der Waals surface area contributed by atoms with E-state index >= 15 is 0 Å². The van der Waals surface area contributed by atoms with Crippen LogP contribution in [0.2, 0.25) is 0 Å². The number of halogens is 3. The van der Waals surface area contributed by atoms with Crippen molar-refractivity contribution in [2.75, 3.05) is 19.7 Å². The molecule has 1 amide bonds. The van der Waals surface area contributed by atoms with E-state index in [2.05, 4.69) is 0 Å². The molecule has 126 valence electrons. The molecule has 2 aromatic carbocycles. The van der Waals surface area contributed by atoms with E-state index in [0.717, 1.165) is 17.7 Å². The Balaban J connectivity index is 1.72. The molecule has 0 aromatic heterocycles. The normalized spacial score (nSPS) is 17.8. The van der Waals surface area contributed by atoms with Crippen LogP contribution in [0.4, 0.5) is 13.2 Å². The summed E-state index contributed by atoms with van der Waals surface area (Å²) in [6.07, 6.45) is 0.392. The molecule has 1 atom stereocenters. The van der Waals surface area contributed by atoms with E-state index in [0.29, 0.717) is 13.0 Å². The van der Waals surface area contributed by atoms with Gasteiger partial charge in [-0.25, -0.2) is 13.2 Å². The first-order valence-corrected chi connectivity index (χ1v) is 7.64. The zero-order valence-corrected chi connectivity index (χ0v) is 12.8. The van der Waals surface area contributed by atoms with Crippen molar-refractivity contribution in [1.29, 1.82) is 0 Å². The van der Waals surface area contributed by atoms with Gasteiger partial charge in [-0.15, -0.1) is 0 Å². The van der Waals surface area contributed by atoms with Gasteiger partial charge in [-0.1, -0.05) is 30.3 Å². The number of hydrogen-bond acceptors (Lipinski definition) is 2. The number of carbonyl (C=O) groups excluding carboxylic acids is 1. The van der Waals surface area contributed by atoms with Gasteiger partial charge >= 0.3 is 0 Å². The van der Waals surface area contributed by atoms with Crippen LogP contribution < -0.4 is 0 Å². The van der Waals surface area contributed by atoms with Crippen molar-refractivity contribution in [2.45, 2.75) is 12.5 Å². The molecule has 3 rings (SSSR count). The Morgan fingerprint density at radius 2 is 1.83 bits per heavy atom. The predicted molar refractivity (Wildman–Crippen MR) is 82.1 cm³/mol. The number of rotatable bonds is 3. The van der Waals surface area contributed by atoms with Gasteiger partial charge in [0.05, 0.1) is 18.3 Å². The lowest BCUT2D eigenvalue weighted by Gasteiger charge is -2.33. The van der Waals surface area contributed by atoms with Gasteiger partial charge in [-0.3, -0.25) is 4.79 Å². The van der Waals surface area contributed by atoms with E-state index in [1.165, 1.54) is 4.90 Å². The lowest BCUT2D eigenvalue weighted by atomic mass is 10.1. The fourth-order valence-electron chi connectivity index (χ4n) is 2.77. The molecular formula is C18H16F3NO2. The second-order valence-electron chi connectivity index (χ2n) is 5.66. The number of benzene rings is 2. The molecular weight excluding hydrogens is 319 g/mol. The van der Waals surface area contributed by atoms with Gasteiger partial charge < -0.3 is 9.64 Å². The first-order valence-electron chi connectivity index (χ1n) is 7.64. The minimum Gasteiger partial charge on any atom is -0.374 e. The molecule has 0 spiro atoms. The molecule has 2 aromatic rings. The van der Waals surface area contributed by atoms with E-state index < -0.39 is 28.9 Å². The van der Waals surface area contributed by atoms with Crippen LogP contribution in [0.5, 0.6) is 0 Å². The van der Waals surface area contributed by atoms with Crippen LogP contribution >= 0.6 is 0 Å². The highest BCUT2D eigenvalue weighted by Gasteiger charge is 2.28. The van der Waals surface area contributed by atoms with Gasteiger partial charge in [0, 0.05) is 19.5 Å². The first kappa shape index (κ1) is 16.5. The van der Waals surface area contributed by atoms with Crippen molar-refractivity contribution in [3.8, 4) is 0 Å². The molecule has 0 bridgehead atoms. The molecule has 24 heavy (non-hydrogen) atoms. The molecule has 1 fully saturated rings. The van der Waals surface area contributed by atoms with E-state index in [1.807, 2.05) is 30.3 Å². The summed E-state index contributed by atoms with van der Waals surface area (Å²) in [5, 5.41) is 0. The topological polar surface area (TPSA) is 29.5 Å². The molecule has 0 saturated carbocycles. The summed E-state index contributed by atoms with van der Waals surface area (Å²) in [6.45, 7) is 0.864. The second kappa shape index (κ2) is 7.05. The van der Waals surface area contributed by atoms with Crippen molar-refractivity contribution in [3.05, 3.63) is 71.0 Å². The van der Waals surface area contributed by atoms with E-state index in [9.17, 15) is 18.0 Å². The highest BCUT2D eigenvalue weighted by Crippen LogP contribution is 2.19. The molecule has 0 radical (unpaired) electrons. The number of amides is 1. The standard InChI is InChI=1S/C18H16F3NO2/c19-15-7-6-14(16(20)17(15)21)18(23)22-8-9-24-13(11-22)10-12-4-2-1-3-5-12/h1-7,13H,8-11H2. The molecule has 1 saturated heterocycles. The van der Waals surface area contributed by atoms with Crippen LogP contribution in [0.25, 0.3) is 0 Å². The van der Waals surface area contributed by atoms with Crippen LogP contribution in [0.1, 0.15) is 15.9 Å². The smallest absolute Gasteiger partial charge is 0.257 e. The highest BCUT2D eigenvalue weighted by molar-refractivity contribution is 5.94. The van der Waals surface area contributed by atoms with Crippen molar-refractivity contribution < 1.29 is 22.7 Å². The van der Waals surface area contributed by atoms with Gasteiger partial charge in [0.2, 0.25) is 0 Å². The van der Waals surface area contributed by atoms with Gasteiger partial charge in [0.1, 0.15) is 0 Å². The van der Waals surface area contributed by atoms with Gasteiger partial charge in [-0.2, -0.15) is 0 Å². The lowest BCUT2D eigenvalue weighted by molar-refractivity contribution is -0.0210. The molecule has 1 unspecified atom stereocenters. The van der Waals surface area contributed by atoms with Crippen molar-refractivity contribution in [3.63, 3.8) is 0 Å². The Hall–Kier alpha value is -2.34. The number of morpholine rings is 1. The Morgan fingerprint density at radius 3 is 2.58 bits per heavy atom. The summed E-state index contributed by atoms with van der Waals surface area (Å²) in [6, 6.07) is 11.4. The summed E-state index contributed by atoms with van der Waals surface area (Å²) >= 11 is 0. The Morgan fingerprint density at radius 1 is 1.08 bits per heavy atom. The molecule has 6 heteroatoms. The van der Waals surface area contributed by atoms with E-state index in [-0.39, 0.29) is 19.2 Å². The number of hydrogen-bond donors (Lipinski definition) is 0. The van der Waals surface area contributed by atoms with Gasteiger partial charge in [0.25, 0.3) is 5.91 Å². The SMILES string of the molecule is O=C(c1ccc(F)c(F)c1F)N1CCOC(Cc2ccccc2)C1. The van der Waals surface area contributed by atoms with Gasteiger partial charge in [0.15, 0.2) is 17.5 Å². The number of nitrogens with zero attached hydrogens (tertiary/aromatic N) is 1. The van der Waals surface area contributed by atoms with Crippen LogP contribution in [0.3, 0.4) is 0 Å². The summed E-state index contributed by atoms with van der Waals surface area (Å²) < 4.78 is 45.8. The van der Waals surface area contributed by atoms with E-state index in [4.69, 9.17) is 4.74 Å². The fraction of sp³-hybridized carbons (Fsp3) is 0.278. The number of ether oxygens (including phenoxy) is 1. The van der Waals surface area contributed by atoms with Crippen LogP contribution in [0.15, 0.2) is 42.5 Å². The third-order valence-electron chi connectivity index (χ3n) is 4.00. The molecule has 0 N–H and O–H groups in total. The fourth-order valence-corrected chi connectivity index (χ4v) is 2.77. The minimum absolute atomic E-state index is 0.224. The van der Waals surface area contributed by atoms with E-state index in [1.54, 1.807) is 0 Å². The van der Waals surface area contributed by atoms with Crippen LogP contribution in [0, 0.1) is 17.5 Å². The molecule has 1 heterocycles. The largest absolute Gasteiger partial charge is 0.374 e. The monoisotopic (exact) mass is 335 g/mol. The Bertz CT molecular complexity index is 737. The second-order valence-corrected chi connectivity index (χ2v) is 5.66. The molecule has 0 aliphatic carbocycles. The van der Waals surface area contributed by atoms with Crippen molar-refractivity contribution >= 4 is 5.91 Å². The molecule has 1 aliphatic rings. The summed E-state index contributed by atoms with van der Waals surface area (Å²) in [4.78, 5) is 13.8. The molecule has 3 nitrogen and oxygen atoms in total. The maximum Gasteiger partial charge on any atom is 0.257 e. The first-order chi connectivity index (χ1) is 11.6. The third kappa shape index (κ3) is 3.43. The summed E-state index contributed by atoms with van der Waals surface area (Å²) in [5.74, 6) is -5.05. The Kier molecular flexibility index (Phi) is 4.85. The maximum atomic E-state index is 13.8. The molecule has 1 aliphatic heterocycles. The lowest BCUT2D eigenvalue weighted by Crippen LogP contribution is -2.46. The summed E-state index contributed by atoms with van der Waals surface area (Å²) in [7, 11) is 0. The number of carbonyl (C=O) groups is 1. The third-order valence-corrected chi connectivity index (χ3v) is 4.00. The van der Waals surface area contributed by atoms with Crippen LogP contribution in [-0.2, 0) is 11.2 Å². The average Bonchev–Trinajstić information content (AvgIpc) is 2.60. The maximum absolute atomic E-state index is 13.8. The van der Waals surface area contributed by atoms with Crippen molar-refractivity contribution in [2.24, 2.45) is 0 Å².